The molecule has 2 aliphatic heterocycles. The Morgan fingerprint density at radius 3 is 2.54 bits per heavy atom. The van der Waals surface area contributed by atoms with Gasteiger partial charge < -0.3 is 14.4 Å². The first-order valence-corrected chi connectivity index (χ1v) is 10.9. The summed E-state index contributed by atoms with van der Waals surface area (Å²) in [6.07, 6.45) is 14.8. The number of carboxylic acids is 1. The van der Waals surface area contributed by atoms with Gasteiger partial charge in [-0.15, -0.1) is 0 Å². The number of rotatable bonds is 9. The smallest absolute Gasteiger partial charge is 0.303 e. The minimum absolute atomic E-state index is 0.241. The zero-order valence-electron chi connectivity index (χ0n) is 14.4. The summed E-state index contributed by atoms with van der Waals surface area (Å²) in [5.74, 6) is 1.06. The molecule has 1 N–H and O–H groups in total. The van der Waals surface area contributed by atoms with Crippen molar-refractivity contribution in [3.05, 3.63) is 12.2 Å². The number of ether oxygens (including phenoxy) is 1. The minimum atomic E-state index is -0.723. The number of hydrogen-bond donors (Lipinski definition) is 1. The SMILES string of the molecule is O=C(O)CCC/C=C\C[C@@H]1[C@H](C[S+]([O-])C2CCCC2)[C@@H]2CC[C@H]1O2. The van der Waals surface area contributed by atoms with Crippen LogP contribution in [0.3, 0.4) is 0 Å². The van der Waals surface area contributed by atoms with E-state index in [1.54, 1.807) is 0 Å². The quantitative estimate of drug-likeness (QED) is 0.390. The van der Waals surface area contributed by atoms with Crippen LogP contribution in [0.15, 0.2) is 12.2 Å². The molecule has 0 radical (unpaired) electrons. The average molecular weight is 355 g/mol. The second kappa shape index (κ2) is 8.72. The fraction of sp³-hybridized carbons (Fsp3) is 0.842. The van der Waals surface area contributed by atoms with Crippen molar-refractivity contribution in [1.82, 2.24) is 0 Å². The summed E-state index contributed by atoms with van der Waals surface area (Å²) in [6, 6.07) is 0. The highest BCUT2D eigenvalue weighted by molar-refractivity contribution is 7.92. The highest BCUT2D eigenvalue weighted by Crippen LogP contribution is 2.46. The van der Waals surface area contributed by atoms with Crippen molar-refractivity contribution in [3.63, 3.8) is 0 Å². The van der Waals surface area contributed by atoms with Crippen LogP contribution in [0.4, 0.5) is 0 Å². The summed E-state index contributed by atoms with van der Waals surface area (Å²) >= 11 is -0.693. The third-order valence-corrected chi connectivity index (χ3v) is 7.89. The van der Waals surface area contributed by atoms with Crippen LogP contribution >= 0.6 is 0 Å². The van der Waals surface area contributed by atoms with Crippen LogP contribution in [0.25, 0.3) is 0 Å². The van der Waals surface area contributed by atoms with Gasteiger partial charge >= 0.3 is 5.97 Å². The Hall–Kier alpha value is -0.520. The fourth-order valence-electron chi connectivity index (χ4n) is 4.65. The topological polar surface area (TPSA) is 69.6 Å². The van der Waals surface area contributed by atoms with Gasteiger partial charge in [-0.05, 0) is 63.7 Å². The molecule has 136 valence electrons. The maximum atomic E-state index is 12.7. The molecule has 5 atom stereocenters. The van der Waals surface area contributed by atoms with E-state index in [0.29, 0.717) is 35.7 Å². The van der Waals surface area contributed by atoms with Gasteiger partial charge in [0.1, 0.15) is 11.0 Å². The normalized spacial score (nSPS) is 34.4. The van der Waals surface area contributed by atoms with E-state index in [1.165, 1.54) is 12.8 Å². The minimum Gasteiger partial charge on any atom is -0.616 e. The summed E-state index contributed by atoms with van der Waals surface area (Å²) in [5, 5.41) is 9.08. The molecule has 0 aromatic rings. The second-order valence-corrected chi connectivity index (χ2v) is 9.33. The van der Waals surface area contributed by atoms with Crippen molar-refractivity contribution in [2.75, 3.05) is 5.75 Å². The Morgan fingerprint density at radius 2 is 1.83 bits per heavy atom. The van der Waals surface area contributed by atoms with Crippen molar-refractivity contribution in [1.29, 1.82) is 0 Å². The molecule has 3 fully saturated rings. The average Bonchev–Trinajstić information content (AvgIpc) is 3.28. The molecule has 2 heterocycles. The Labute approximate surface area is 148 Å². The lowest BCUT2D eigenvalue weighted by Gasteiger charge is -2.29. The molecule has 2 saturated heterocycles. The predicted octanol–water partition coefficient (Wildman–Crippen LogP) is 3.67. The lowest BCUT2D eigenvalue weighted by atomic mass is 9.78. The summed E-state index contributed by atoms with van der Waals surface area (Å²) < 4.78 is 18.8. The number of hydrogen-bond acceptors (Lipinski definition) is 3. The Bertz CT molecular complexity index is 447. The van der Waals surface area contributed by atoms with Gasteiger partial charge in [0.25, 0.3) is 0 Å². The number of carboxylic acid groups (broad SMARTS) is 1. The first kappa shape index (κ1) is 18.3. The van der Waals surface area contributed by atoms with Crippen LogP contribution in [0, 0.1) is 11.8 Å². The first-order chi connectivity index (χ1) is 11.6. The predicted molar refractivity (Wildman–Crippen MR) is 95.4 cm³/mol. The Morgan fingerprint density at radius 1 is 1.12 bits per heavy atom. The highest BCUT2D eigenvalue weighted by atomic mass is 32.2. The number of aliphatic carboxylic acids is 1. The molecule has 24 heavy (non-hydrogen) atoms. The summed E-state index contributed by atoms with van der Waals surface area (Å²) in [6.45, 7) is 0. The molecule has 1 saturated carbocycles. The van der Waals surface area contributed by atoms with Gasteiger partial charge in [-0.1, -0.05) is 23.3 Å². The maximum absolute atomic E-state index is 12.7. The van der Waals surface area contributed by atoms with Crippen LogP contribution in [0.2, 0.25) is 0 Å². The maximum Gasteiger partial charge on any atom is 0.303 e. The fourth-order valence-corrected chi connectivity index (χ4v) is 6.62. The van der Waals surface area contributed by atoms with Gasteiger partial charge in [-0.2, -0.15) is 0 Å². The lowest BCUT2D eigenvalue weighted by Crippen LogP contribution is -2.35. The third-order valence-electron chi connectivity index (χ3n) is 5.96. The number of carbonyl (C=O) groups is 1. The summed E-state index contributed by atoms with van der Waals surface area (Å²) in [7, 11) is 0. The molecule has 5 heteroatoms. The number of unbranched alkanes of at least 4 members (excludes halogenated alkanes) is 1. The van der Waals surface area contributed by atoms with E-state index in [2.05, 4.69) is 12.2 Å². The molecule has 0 aromatic heterocycles. The summed E-state index contributed by atoms with van der Waals surface area (Å²) in [4.78, 5) is 10.5. The van der Waals surface area contributed by atoms with Gasteiger partial charge in [0.15, 0.2) is 0 Å². The van der Waals surface area contributed by atoms with Crippen LogP contribution in [-0.4, -0.2) is 38.8 Å². The van der Waals surface area contributed by atoms with Gasteiger partial charge in [0.05, 0.1) is 12.2 Å². The molecule has 0 amide bonds. The van der Waals surface area contributed by atoms with Crippen LogP contribution in [-0.2, 0) is 20.7 Å². The van der Waals surface area contributed by atoms with E-state index >= 15 is 0 Å². The molecular weight excluding hydrogens is 324 g/mol. The zero-order chi connectivity index (χ0) is 16.9. The molecule has 0 spiro atoms. The van der Waals surface area contributed by atoms with Crippen LogP contribution in [0.5, 0.6) is 0 Å². The third kappa shape index (κ3) is 4.55. The largest absolute Gasteiger partial charge is 0.616 e. The van der Waals surface area contributed by atoms with Gasteiger partial charge in [0, 0.05) is 12.3 Å². The van der Waals surface area contributed by atoms with Crippen molar-refractivity contribution in [2.45, 2.75) is 81.7 Å². The molecule has 4 nitrogen and oxygen atoms in total. The van der Waals surface area contributed by atoms with Crippen molar-refractivity contribution >= 4 is 17.1 Å². The molecule has 1 unspecified atom stereocenters. The van der Waals surface area contributed by atoms with Crippen molar-refractivity contribution in [3.8, 4) is 0 Å². The van der Waals surface area contributed by atoms with Crippen molar-refractivity contribution in [2.24, 2.45) is 11.8 Å². The highest BCUT2D eigenvalue weighted by Gasteiger charge is 2.50. The second-order valence-electron chi connectivity index (χ2n) is 7.56. The molecule has 1 aliphatic carbocycles. The van der Waals surface area contributed by atoms with Crippen molar-refractivity contribution < 1.29 is 19.2 Å². The van der Waals surface area contributed by atoms with E-state index in [0.717, 1.165) is 44.3 Å². The van der Waals surface area contributed by atoms with E-state index in [4.69, 9.17) is 9.84 Å². The summed E-state index contributed by atoms with van der Waals surface area (Å²) in [5.41, 5.74) is 0. The van der Waals surface area contributed by atoms with Gasteiger partial charge in [-0.25, -0.2) is 0 Å². The monoisotopic (exact) mass is 354 g/mol. The lowest BCUT2D eigenvalue weighted by molar-refractivity contribution is -0.137. The molecule has 3 rings (SSSR count). The van der Waals surface area contributed by atoms with E-state index < -0.39 is 17.1 Å². The van der Waals surface area contributed by atoms with E-state index in [1.807, 2.05) is 0 Å². The Kier molecular flexibility index (Phi) is 6.64. The van der Waals surface area contributed by atoms with Gasteiger partial charge in [-0.3, -0.25) is 4.79 Å². The molecule has 3 aliphatic rings. The standard InChI is InChI=1S/C19H30O4S/c20-19(21)10-4-2-1-3-9-15-16(18-12-11-17(15)23-18)13-24(22)14-7-5-6-8-14/h1,3,14-18H,2,4-13H2,(H,20,21)/b3-1-/t15-,16+,17-,18+,24?/m1/s1. The van der Waals surface area contributed by atoms with Crippen LogP contribution in [0.1, 0.15) is 64.2 Å². The Balaban J connectivity index is 1.47. The number of allylic oxidation sites excluding steroid dienone is 2. The van der Waals surface area contributed by atoms with Crippen LogP contribution < -0.4 is 0 Å². The molecular formula is C19H30O4S. The van der Waals surface area contributed by atoms with E-state index in [-0.39, 0.29) is 6.42 Å². The van der Waals surface area contributed by atoms with Gasteiger partial charge in [0.2, 0.25) is 0 Å². The molecule has 2 bridgehead atoms. The molecule has 0 aromatic carbocycles. The number of fused-ring (bicyclic) bond motifs is 2. The van der Waals surface area contributed by atoms with E-state index in [9.17, 15) is 9.35 Å². The zero-order valence-corrected chi connectivity index (χ0v) is 15.2. The first-order valence-electron chi connectivity index (χ1n) is 9.54.